The smallest absolute Gasteiger partial charge is 0.244 e. The van der Waals surface area contributed by atoms with Gasteiger partial charge in [-0.3, -0.25) is 9.59 Å². The van der Waals surface area contributed by atoms with Gasteiger partial charge in [-0.2, -0.15) is 0 Å². The molecule has 0 aliphatic carbocycles. The molecule has 1 fully saturated rings. The Morgan fingerprint density at radius 2 is 2.10 bits per heavy atom. The molecule has 108 valence electrons. The number of carbonyl (C=O) groups excluding carboxylic acids is 2. The summed E-state index contributed by atoms with van der Waals surface area (Å²) in [6.45, 7) is 2.70. The number of hydrogen-bond donors (Lipinski definition) is 2. The van der Waals surface area contributed by atoms with Crippen LogP contribution < -0.4 is 11.1 Å². The molecule has 3 N–H and O–H groups in total. The van der Waals surface area contributed by atoms with Crippen LogP contribution in [0.2, 0.25) is 0 Å². The van der Waals surface area contributed by atoms with Crippen molar-refractivity contribution in [2.45, 2.75) is 31.7 Å². The standard InChI is InChI=1S/C15H21N3O2/c1-10(11-3-5-12(16)6-4-11)9-14(19)17-13-7-8-18(2)15(13)20/h3-6,10,13H,7-9,16H2,1-2H3,(H,17,19). The summed E-state index contributed by atoms with van der Waals surface area (Å²) in [4.78, 5) is 25.4. The Kier molecular flexibility index (Phi) is 4.27. The van der Waals surface area contributed by atoms with Crippen molar-refractivity contribution in [3.8, 4) is 0 Å². The Balaban J connectivity index is 1.88. The van der Waals surface area contributed by atoms with Gasteiger partial charge in [-0.25, -0.2) is 0 Å². The van der Waals surface area contributed by atoms with Crippen LogP contribution in [0.4, 0.5) is 5.69 Å². The number of carbonyl (C=O) groups is 2. The summed E-state index contributed by atoms with van der Waals surface area (Å²) in [6, 6.07) is 7.17. The van der Waals surface area contributed by atoms with E-state index in [1.165, 1.54) is 0 Å². The molecular weight excluding hydrogens is 254 g/mol. The van der Waals surface area contributed by atoms with Crippen molar-refractivity contribution in [2.75, 3.05) is 19.3 Å². The molecule has 1 aromatic carbocycles. The first kappa shape index (κ1) is 14.4. The van der Waals surface area contributed by atoms with Gasteiger partial charge in [0.15, 0.2) is 0 Å². The van der Waals surface area contributed by atoms with Crippen LogP contribution in [0, 0.1) is 0 Å². The van der Waals surface area contributed by atoms with Gasteiger partial charge in [0, 0.05) is 25.7 Å². The highest BCUT2D eigenvalue weighted by molar-refractivity contribution is 5.89. The van der Waals surface area contributed by atoms with E-state index in [0.29, 0.717) is 25.1 Å². The van der Waals surface area contributed by atoms with Crippen LogP contribution in [0.25, 0.3) is 0 Å². The summed E-state index contributed by atoms with van der Waals surface area (Å²) < 4.78 is 0. The van der Waals surface area contributed by atoms with Crippen molar-refractivity contribution in [3.05, 3.63) is 29.8 Å². The second kappa shape index (κ2) is 5.94. The molecule has 0 spiro atoms. The number of anilines is 1. The van der Waals surface area contributed by atoms with Gasteiger partial charge in [0.1, 0.15) is 6.04 Å². The quantitative estimate of drug-likeness (QED) is 0.808. The molecule has 5 nitrogen and oxygen atoms in total. The van der Waals surface area contributed by atoms with E-state index in [0.717, 1.165) is 5.56 Å². The van der Waals surface area contributed by atoms with E-state index in [4.69, 9.17) is 5.73 Å². The lowest BCUT2D eigenvalue weighted by atomic mass is 9.97. The maximum atomic E-state index is 12.0. The minimum absolute atomic E-state index is 0.00140. The fraction of sp³-hybridized carbons (Fsp3) is 0.467. The maximum absolute atomic E-state index is 12.0. The van der Waals surface area contributed by atoms with Gasteiger partial charge in [0.25, 0.3) is 0 Å². The number of likely N-dealkylation sites (N-methyl/N-ethyl adjacent to an activating group) is 1. The molecule has 1 heterocycles. The van der Waals surface area contributed by atoms with Gasteiger partial charge in [0.2, 0.25) is 11.8 Å². The third-order valence-corrected chi connectivity index (χ3v) is 3.76. The van der Waals surface area contributed by atoms with Crippen LogP contribution in [0.5, 0.6) is 0 Å². The summed E-state index contributed by atoms with van der Waals surface area (Å²) in [5, 5.41) is 2.82. The monoisotopic (exact) mass is 275 g/mol. The molecule has 0 saturated carbocycles. The zero-order chi connectivity index (χ0) is 14.7. The summed E-state index contributed by atoms with van der Waals surface area (Å²) >= 11 is 0. The normalized spacial score (nSPS) is 20.0. The Labute approximate surface area is 119 Å². The molecule has 1 saturated heterocycles. The van der Waals surface area contributed by atoms with Crippen LogP contribution in [-0.4, -0.2) is 36.3 Å². The molecule has 1 aliphatic rings. The number of rotatable bonds is 4. The first-order valence-corrected chi connectivity index (χ1v) is 6.87. The molecule has 0 aromatic heterocycles. The van der Waals surface area contributed by atoms with Gasteiger partial charge >= 0.3 is 0 Å². The number of nitrogens with two attached hydrogens (primary N) is 1. The van der Waals surface area contributed by atoms with E-state index in [9.17, 15) is 9.59 Å². The Morgan fingerprint density at radius 1 is 1.45 bits per heavy atom. The number of nitrogens with one attached hydrogen (secondary N) is 1. The van der Waals surface area contributed by atoms with Crippen molar-refractivity contribution in [2.24, 2.45) is 0 Å². The lowest BCUT2D eigenvalue weighted by Gasteiger charge is -2.15. The second-order valence-electron chi connectivity index (χ2n) is 5.44. The van der Waals surface area contributed by atoms with Crippen molar-refractivity contribution in [1.29, 1.82) is 0 Å². The molecule has 2 amide bonds. The fourth-order valence-corrected chi connectivity index (χ4v) is 2.43. The number of likely N-dealkylation sites (tertiary alicyclic amines) is 1. The lowest BCUT2D eigenvalue weighted by Crippen LogP contribution is -2.40. The van der Waals surface area contributed by atoms with Gasteiger partial charge in [0.05, 0.1) is 0 Å². The second-order valence-corrected chi connectivity index (χ2v) is 5.44. The predicted octanol–water partition coefficient (Wildman–Crippen LogP) is 1.11. The van der Waals surface area contributed by atoms with E-state index in [-0.39, 0.29) is 23.8 Å². The average Bonchev–Trinajstić information content (AvgIpc) is 2.71. The minimum Gasteiger partial charge on any atom is -0.399 e. The minimum atomic E-state index is -0.355. The molecule has 2 atom stereocenters. The number of amides is 2. The molecule has 20 heavy (non-hydrogen) atoms. The summed E-state index contributed by atoms with van der Waals surface area (Å²) in [6.07, 6.45) is 1.06. The topological polar surface area (TPSA) is 75.4 Å². The van der Waals surface area contributed by atoms with E-state index in [1.54, 1.807) is 11.9 Å². The molecule has 1 aliphatic heterocycles. The van der Waals surface area contributed by atoms with E-state index in [2.05, 4.69) is 5.32 Å². The molecule has 2 rings (SSSR count). The summed E-state index contributed by atoms with van der Waals surface area (Å²) in [5.74, 6) is 0.0197. The Hall–Kier alpha value is -2.04. The van der Waals surface area contributed by atoms with Crippen molar-refractivity contribution < 1.29 is 9.59 Å². The predicted molar refractivity (Wildman–Crippen MR) is 78.1 cm³/mol. The third-order valence-electron chi connectivity index (χ3n) is 3.76. The first-order chi connectivity index (χ1) is 9.47. The molecular formula is C15H21N3O2. The molecule has 1 aromatic rings. The van der Waals surface area contributed by atoms with Gasteiger partial charge in [-0.1, -0.05) is 19.1 Å². The molecule has 5 heteroatoms. The van der Waals surface area contributed by atoms with Crippen LogP contribution in [0.1, 0.15) is 31.2 Å². The van der Waals surface area contributed by atoms with Gasteiger partial charge < -0.3 is 16.0 Å². The number of hydrogen-bond acceptors (Lipinski definition) is 3. The van der Waals surface area contributed by atoms with E-state index >= 15 is 0 Å². The highest BCUT2D eigenvalue weighted by atomic mass is 16.2. The zero-order valence-electron chi connectivity index (χ0n) is 11.9. The maximum Gasteiger partial charge on any atom is 0.244 e. The largest absolute Gasteiger partial charge is 0.399 e. The van der Waals surface area contributed by atoms with E-state index < -0.39 is 0 Å². The number of benzene rings is 1. The summed E-state index contributed by atoms with van der Waals surface area (Å²) in [5.41, 5.74) is 7.43. The van der Waals surface area contributed by atoms with Crippen LogP contribution in [0.3, 0.4) is 0 Å². The number of nitrogen functional groups attached to an aromatic ring is 1. The first-order valence-electron chi connectivity index (χ1n) is 6.87. The Morgan fingerprint density at radius 3 is 2.65 bits per heavy atom. The van der Waals surface area contributed by atoms with Crippen LogP contribution in [0.15, 0.2) is 24.3 Å². The SMILES string of the molecule is CC(CC(=O)NC1CCN(C)C1=O)c1ccc(N)cc1. The van der Waals surface area contributed by atoms with E-state index in [1.807, 2.05) is 31.2 Å². The summed E-state index contributed by atoms with van der Waals surface area (Å²) in [7, 11) is 1.76. The highest BCUT2D eigenvalue weighted by Gasteiger charge is 2.30. The molecule has 0 bridgehead atoms. The van der Waals surface area contributed by atoms with Crippen molar-refractivity contribution in [3.63, 3.8) is 0 Å². The number of nitrogens with zero attached hydrogens (tertiary/aromatic N) is 1. The fourth-order valence-electron chi connectivity index (χ4n) is 2.43. The van der Waals surface area contributed by atoms with Crippen LogP contribution >= 0.6 is 0 Å². The van der Waals surface area contributed by atoms with Crippen molar-refractivity contribution in [1.82, 2.24) is 10.2 Å². The molecule has 0 radical (unpaired) electrons. The van der Waals surface area contributed by atoms with Crippen LogP contribution in [-0.2, 0) is 9.59 Å². The van der Waals surface area contributed by atoms with Gasteiger partial charge in [-0.15, -0.1) is 0 Å². The van der Waals surface area contributed by atoms with Gasteiger partial charge in [-0.05, 0) is 30.0 Å². The Bertz CT molecular complexity index is 498. The van der Waals surface area contributed by atoms with Crippen molar-refractivity contribution >= 4 is 17.5 Å². The highest BCUT2D eigenvalue weighted by Crippen LogP contribution is 2.20. The lowest BCUT2D eigenvalue weighted by molar-refractivity contribution is -0.131. The zero-order valence-corrected chi connectivity index (χ0v) is 11.9. The average molecular weight is 275 g/mol. The third kappa shape index (κ3) is 3.29. The molecule has 2 unspecified atom stereocenters.